The molecule has 16 heavy (non-hydrogen) atoms. The molecule has 0 aromatic carbocycles. The van der Waals surface area contributed by atoms with Crippen LogP contribution in [0.3, 0.4) is 0 Å². The Labute approximate surface area is 108 Å². The van der Waals surface area contributed by atoms with Crippen molar-refractivity contribution in [3.63, 3.8) is 0 Å². The molecular formula is C11H16BrN3S. The first-order chi connectivity index (χ1) is 7.81. The van der Waals surface area contributed by atoms with Crippen LogP contribution in [0, 0.1) is 0 Å². The Morgan fingerprint density at radius 2 is 2.31 bits per heavy atom. The first-order valence-electron chi connectivity index (χ1n) is 5.57. The molecule has 2 rings (SSSR count). The Kier molecular flexibility index (Phi) is 3.86. The predicted octanol–water partition coefficient (Wildman–Crippen LogP) is 3.53. The normalized spacial score (nSPS) is 11.2. The highest BCUT2D eigenvalue weighted by molar-refractivity contribution is 9.08. The summed E-state index contributed by atoms with van der Waals surface area (Å²) in [7, 11) is 0. The summed E-state index contributed by atoms with van der Waals surface area (Å²) in [6.45, 7) is 6.47. The van der Waals surface area contributed by atoms with Crippen LogP contribution in [0.1, 0.15) is 26.0 Å². The SMILES string of the molecule is CCCN(CC)c1nc2sccn2c1CBr. The summed E-state index contributed by atoms with van der Waals surface area (Å²) in [5.74, 6) is 1.13. The van der Waals surface area contributed by atoms with Gasteiger partial charge in [-0.15, -0.1) is 11.3 Å². The second kappa shape index (κ2) is 5.19. The summed E-state index contributed by atoms with van der Waals surface area (Å²) in [5.41, 5.74) is 1.26. The molecule has 0 unspecified atom stereocenters. The molecule has 2 aromatic rings. The largest absolute Gasteiger partial charge is 0.355 e. The number of aromatic nitrogens is 2. The molecule has 0 N–H and O–H groups in total. The van der Waals surface area contributed by atoms with E-state index in [0.717, 1.165) is 35.6 Å². The molecule has 0 bridgehead atoms. The molecule has 0 aliphatic carbocycles. The van der Waals surface area contributed by atoms with E-state index in [4.69, 9.17) is 4.98 Å². The van der Waals surface area contributed by atoms with E-state index in [-0.39, 0.29) is 0 Å². The quantitative estimate of drug-likeness (QED) is 0.788. The van der Waals surface area contributed by atoms with E-state index in [2.05, 4.69) is 50.7 Å². The zero-order valence-corrected chi connectivity index (χ0v) is 12.0. The van der Waals surface area contributed by atoms with Gasteiger partial charge >= 0.3 is 0 Å². The van der Waals surface area contributed by atoms with Crippen molar-refractivity contribution < 1.29 is 0 Å². The lowest BCUT2D eigenvalue weighted by Crippen LogP contribution is -2.24. The van der Waals surface area contributed by atoms with Gasteiger partial charge in [-0.1, -0.05) is 22.9 Å². The predicted molar refractivity (Wildman–Crippen MR) is 73.9 cm³/mol. The van der Waals surface area contributed by atoms with Gasteiger partial charge in [0.15, 0.2) is 10.8 Å². The molecular weight excluding hydrogens is 286 g/mol. The van der Waals surface area contributed by atoms with Crippen LogP contribution in [0.5, 0.6) is 0 Å². The molecule has 0 atom stereocenters. The van der Waals surface area contributed by atoms with Gasteiger partial charge in [-0.25, -0.2) is 4.98 Å². The van der Waals surface area contributed by atoms with Gasteiger partial charge in [0.05, 0.1) is 5.69 Å². The fourth-order valence-corrected chi connectivity index (χ4v) is 3.13. The maximum absolute atomic E-state index is 4.71. The second-order valence-electron chi connectivity index (χ2n) is 3.65. The fourth-order valence-electron chi connectivity index (χ4n) is 1.88. The van der Waals surface area contributed by atoms with Crippen molar-refractivity contribution in [1.82, 2.24) is 9.38 Å². The van der Waals surface area contributed by atoms with E-state index < -0.39 is 0 Å². The number of nitrogens with zero attached hydrogens (tertiary/aromatic N) is 3. The van der Waals surface area contributed by atoms with E-state index in [1.807, 2.05) is 0 Å². The standard InChI is InChI=1S/C11H16BrN3S/c1-3-5-14(4-2)10-9(8-12)15-6-7-16-11(15)13-10/h6-7H,3-5,8H2,1-2H3. The highest BCUT2D eigenvalue weighted by Crippen LogP contribution is 2.26. The van der Waals surface area contributed by atoms with Gasteiger partial charge in [-0.2, -0.15) is 0 Å². The van der Waals surface area contributed by atoms with Crippen LogP contribution in [-0.4, -0.2) is 22.5 Å². The first-order valence-corrected chi connectivity index (χ1v) is 7.57. The molecule has 0 aliphatic heterocycles. The Bertz CT molecular complexity index is 463. The smallest absolute Gasteiger partial charge is 0.195 e. The van der Waals surface area contributed by atoms with Crippen molar-refractivity contribution in [3.05, 3.63) is 17.3 Å². The topological polar surface area (TPSA) is 20.5 Å². The fraction of sp³-hybridized carbons (Fsp3) is 0.545. The third-order valence-corrected chi connectivity index (χ3v) is 3.93. The molecule has 0 amide bonds. The van der Waals surface area contributed by atoms with Crippen LogP contribution in [0.25, 0.3) is 4.96 Å². The lowest BCUT2D eigenvalue weighted by molar-refractivity contribution is 0.778. The number of imidazole rings is 1. The van der Waals surface area contributed by atoms with Crippen LogP contribution in [0.15, 0.2) is 11.6 Å². The number of hydrogen-bond acceptors (Lipinski definition) is 3. The van der Waals surface area contributed by atoms with Gasteiger partial charge < -0.3 is 4.90 Å². The summed E-state index contributed by atoms with van der Waals surface area (Å²) >= 11 is 5.25. The highest BCUT2D eigenvalue weighted by atomic mass is 79.9. The van der Waals surface area contributed by atoms with Gasteiger partial charge in [0.25, 0.3) is 0 Å². The molecule has 0 aliphatic rings. The van der Waals surface area contributed by atoms with E-state index >= 15 is 0 Å². The van der Waals surface area contributed by atoms with Crippen LogP contribution >= 0.6 is 27.3 Å². The summed E-state index contributed by atoms with van der Waals surface area (Å²) in [4.78, 5) is 8.14. The molecule has 0 saturated heterocycles. The van der Waals surface area contributed by atoms with E-state index in [1.165, 1.54) is 5.69 Å². The van der Waals surface area contributed by atoms with Crippen molar-refractivity contribution in [2.24, 2.45) is 0 Å². The summed E-state index contributed by atoms with van der Waals surface area (Å²) in [6.07, 6.45) is 3.24. The molecule has 0 spiro atoms. The summed E-state index contributed by atoms with van der Waals surface area (Å²) in [6, 6.07) is 0. The van der Waals surface area contributed by atoms with E-state index in [9.17, 15) is 0 Å². The van der Waals surface area contributed by atoms with Crippen LogP contribution in [-0.2, 0) is 5.33 Å². The second-order valence-corrected chi connectivity index (χ2v) is 5.08. The number of thiazole rings is 1. The maximum atomic E-state index is 4.71. The van der Waals surface area contributed by atoms with Gasteiger partial charge in [-0.05, 0) is 13.3 Å². The third kappa shape index (κ3) is 1.98. The number of fused-ring (bicyclic) bond motifs is 1. The molecule has 0 radical (unpaired) electrons. The first kappa shape index (κ1) is 11.9. The van der Waals surface area contributed by atoms with Crippen LogP contribution in [0.2, 0.25) is 0 Å². The third-order valence-electron chi connectivity index (χ3n) is 2.64. The zero-order valence-electron chi connectivity index (χ0n) is 9.61. The average molecular weight is 302 g/mol. The molecule has 2 heterocycles. The number of anilines is 1. The minimum atomic E-state index is 0.848. The Hall–Kier alpha value is -0.550. The van der Waals surface area contributed by atoms with Gasteiger partial charge in [-0.3, -0.25) is 4.40 Å². The Morgan fingerprint density at radius 1 is 1.50 bits per heavy atom. The number of alkyl halides is 1. The van der Waals surface area contributed by atoms with Gasteiger partial charge in [0, 0.05) is 30.0 Å². The zero-order chi connectivity index (χ0) is 11.5. The average Bonchev–Trinajstić information content (AvgIpc) is 2.85. The van der Waals surface area contributed by atoms with Gasteiger partial charge in [0.2, 0.25) is 0 Å². The lowest BCUT2D eigenvalue weighted by Gasteiger charge is -2.20. The summed E-state index contributed by atoms with van der Waals surface area (Å²) in [5, 5.41) is 2.93. The maximum Gasteiger partial charge on any atom is 0.195 e. The van der Waals surface area contributed by atoms with Crippen molar-refractivity contribution in [3.8, 4) is 0 Å². The highest BCUT2D eigenvalue weighted by Gasteiger charge is 2.16. The van der Waals surface area contributed by atoms with Crippen molar-refractivity contribution in [1.29, 1.82) is 0 Å². The van der Waals surface area contributed by atoms with E-state index in [1.54, 1.807) is 11.3 Å². The molecule has 3 nitrogen and oxygen atoms in total. The van der Waals surface area contributed by atoms with Crippen molar-refractivity contribution in [2.75, 3.05) is 18.0 Å². The number of halogens is 1. The Morgan fingerprint density at radius 3 is 2.94 bits per heavy atom. The van der Waals surface area contributed by atoms with Crippen LogP contribution in [0.4, 0.5) is 5.82 Å². The van der Waals surface area contributed by atoms with E-state index in [0.29, 0.717) is 0 Å². The van der Waals surface area contributed by atoms with Gasteiger partial charge in [0.1, 0.15) is 0 Å². The summed E-state index contributed by atoms with van der Waals surface area (Å²) < 4.78 is 2.17. The van der Waals surface area contributed by atoms with Crippen LogP contribution < -0.4 is 4.90 Å². The minimum Gasteiger partial charge on any atom is -0.355 e. The molecule has 88 valence electrons. The van der Waals surface area contributed by atoms with Crippen molar-refractivity contribution >= 4 is 38.0 Å². The molecule has 2 aromatic heterocycles. The molecule has 0 fully saturated rings. The minimum absolute atomic E-state index is 0.848. The lowest BCUT2D eigenvalue weighted by atomic mass is 10.3. The number of hydrogen-bond donors (Lipinski definition) is 0. The molecule has 0 saturated carbocycles. The number of rotatable bonds is 5. The monoisotopic (exact) mass is 301 g/mol. The molecule has 5 heteroatoms. The Balaban J connectivity index is 2.44. The van der Waals surface area contributed by atoms with Crippen molar-refractivity contribution in [2.45, 2.75) is 25.6 Å².